The molecule has 2 amide bonds. The molecule has 0 aromatic heterocycles. The van der Waals surface area contributed by atoms with E-state index in [1.807, 2.05) is 0 Å². The Kier molecular flexibility index (Phi) is 8.78. The van der Waals surface area contributed by atoms with Crippen molar-refractivity contribution >= 4 is 17.8 Å². The molecular weight excluding hydrogens is 362 g/mol. The van der Waals surface area contributed by atoms with E-state index >= 15 is 0 Å². The molecule has 0 unspecified atom stereocenters. The second-order valence-electron chi connectivity index (χ2n) is 6.89. The summed E-state index contributed by atoms with van der Waals surface area (Å²) in [6.07, 6.45) is 6.65. The largest absolute Gasteiger partial charge is 0.493 e. The first-order chi connectivity index (χ1) is 13.5. The van der Waals surface area contributed by atoms with E-state index < -0.39 is 18.5 Å². The monoisotopic (exact) mass is 391 g/mol. The molecule has 0 radical (unpaired) electrons. The number of methoxy groups -OCH3 is 1. The van der Waals surface area contributed by atoms with Crippen molar-refractivity contribution in [3.63, 3.8) is 0 Å². The minimum Gasteiger partial charge on any atom is -0.493 e. The maximum Gasteiger partial charge on any atom is 0.338 e. The van der Waals surface area contributed by atoms with Gasteiger partial charge in [0, 0.05) is 5.92 Å². The Labute approximate surface area is 165 Å². The van der Waals surface area contributed by atoms with Crippen molar-refractivity contribution in [3.05, 3.63) is 23.8 Å². The smallest absolute Gasteiger partial charge is 0.338 e. The van der Waals surface area contributed by atoms with Gasteiger partial charge < -0.3 is 14.2 Å². The molecule has 1 aromatic carbocycles. The van der Waals surface area contributed by atoms with Gasteiger partial charge in [0.05, 0.1) is 19.3 Å². The Bertz CT molecular complexity index is 681. The molecule has 1 saturated carbocycles. The summed E-state index contributed by atoms with van der Waals surface area (Å²) in [7, 11) is 1.49. The minimum absolute atomic E-state index is 0.127. The van der Waals surface area contributed by atoms with Gasteiger partial charge in [-0.3, -0.25) is 14.9 Å². The summed E-state index contributed by atoms with van der Waals surface area (Å²) in [5.74, 6) is -0.728. The number of esters is 1. The summed E-state index contributed by atoms with van der Waals surface area (Å²) in [6.45, 7) is 2.12. The Morgan fingerprint density at radius 3 is 2.54 bits per heavy atom. The van der Waals surface area contributed by atoms with E-state index in [2.05, 4.69) is 12.2 Å². The van der Waals surface area contributed by atoms with Gasteiger partial charge in [-0.05, 0) is 37.5 Å². The third-order valence-electron chi connectivity index (χ3n) is 4.73. The highest BCUT2D eigenvalue weighted by molar-refractivity contribution is 5.98. The zero-order valence-corrected chi connectivity index (χ0v) is 16.6. The van der Waals surface area contributed by atoms with E-state index in [1.54, 1.807) is 12.1 Å². The molecule has 1 aliphatic carbocycles. The van der Waals surface area contributed by atoms with Crippen LogP contribution < -0.4 is 14.8 Å². The summed E-state index contributed by atoms with van der Waals surface area (Å²) in [5, 5.41) is 2.32. The van der Waals surface area contributed by atoms with Gasteiger partial charge in [-0.2, -0.15) is 0 Å². The number of carbonyl (C=O) groups excluding carboxylic acids is 3. The van der Waals surface area contributed by atoms with E-state index in [4.69, 9.17) is 14.2 Å². The predicted molar refractivity (Wildman–Crippen MR) is 103 cm³/mol. The lowest BCUT2D eigenvalue weighted by Gasteiger charge is -2.20. The lowest BCUT2D eigenvalue weighted by molar-refractivity contribution is -0.135. The number of hydrogen-bond acceptors (Lipinski definition) is 6. The van der Waals surface area contributed by atoms with Crippen LogP contribution in [0.25, 0.3) is 0 Å². The highest BCUT2D eigenvalue weighted by atomic mass is 16.5. The predicted octanol–water partition coefficient (Wildman–Crippen LogP) is 3.25. The molecule has 1 fully saturated rings. The summed E-state index contributed by atoms with van der Waals surface area (Å²) < 4.78 is 15.9. The van der Waals surface area contributed by atoms with Crippen LogP contribution in [0.3, 0.4) is 0 Å². The van der Waals surface area contributed by atoms with Crippen molar-refractivity contribution in [2.75, 3.05) is 20.3 Å². The van der Waals surface area contributed by atoms with Gasteiger partial charge in [0.1, 0.15) is 0 Å². The van der Waals surface area contributed by atoms with Crippen LogP contribution in [-0.4, -0.2) is 38.1 Å². The van der Waals surface area contributed by atoms with E-state index in [-0.39, 0.29) is 17.4 Å². The average molecular weight is 391 g/mol. The standard InChI is InChI=1S/C21H29NO6/c1-3-4-12-27-17-11-10-16(13-18(17)26-2)21(25)28-14-19(23)22-20(24)15-8-6-5-7-9-15/h10-11,13,15H,3-9,12,14H2,1-2H3,(H,22,23,24). The first-order valence-electron chi connectivity index (χ1n) is 9.86. The van der Waals surface area contributed by atoms with Gasteiger partial charge in [0.2, 0.25) is 5.91 Å². The lowest BCUT2D eigenvalue weighted by Crippen LogP contribution is -2.38. The van der Waals surface area contributed by atoms with Gasteiger partial charge in [-0.25, -0.2) is 4.79 Å². The van der Waals surface area contributed by atoms with Crippen molar-refractivity contribution in [2.24, 2.45) is 5.92 Å². The lowest BCUT2D eigenvalue weighted by atomic mass is 9.89. The van der Waals surface area contributed by atoms with Gasteiger partial charge in [0.25, 0.3) is 5.91 Å². The van der Waals surface area contributed by atoms with Gasteiger partial charge in [0.15, 0.2) is 18.1 Å². The molecule has 0 saturated heterocycles. The van der Waals surface area contributed by atoms with Crippen LogP contribution in [0.5, 0.6) is 11.5 Å². The van der Waals surface area contributed by atoms with Gasteiger partial charge in [-0.15, -0.1) is 0 Å². The third kappa shape index (κ3) is 6.55. The van der Waals surface area contributed by atoms with Crippen molar-refractivity contribution in [1.82, 2.24) is 5.32 Å². The number of unbranched alkanes of at least 4 members (excludes halogenated alkanes) is 1. The maximum absolute atomic E-state index is 12.2. The minimum atomic E-state index is -0.668. The van der Waals surface area contributed by atoms with Crippen molar-refractivity contribution < 1.29 is 28.6 Å². The number of hydrogen-bond donors (Lipinski definition) is 1. The van der Waals surface area contributed by atoms with Gasteiger partial charge >= 0.3 is 5.97 Å². The molecule has 0 heterocycles. The van der Waals surface area contributed by atoms with Crippen LogP contribution in [-0.2, 0) is 14.3 Å². The second-order valence-corrected chi connectivity index (χ2v) is 6.89. The van der Waals surface area contributed by atoms with E-state index in [0.717, 1.165) is 44.9 Å². The second kappa shape index (κ2) is 11.3. The molecule has 154 valence electrons. The zero-order chi connectivity index (χ0) is 20.4. The van der Waals surface area contributed by atoms with Crippen molar-refractivity contribution in [3.8, 4) is 11.5 Å². The molecule has 1 aromatic rings. The highest BCUT2D eigenvalue weighted by Crippen LogP contribution is 2.28. The first kappa shape index (κ1) is 21.7. The molecule has 0 spiro atoms. The zero-order valence-electron chi connectivity index (χ0n) is 16.6. The molecule has 0 aliphatic heterocycles. The summed E-state index contributed by atoms with van der Waals surface area (Å²) in [6, 6.07) is 4.70. The molecule has 0 bridgehead atoms. The number of carbonyl (C=O) groups is 3. The fourth-order valence-electron chi connectivity index (χ4n) is 3.10. The van der Waals surface area contributed by atoms with Crippen LogP contribution in [0.4, 0.5) is 0 Å². The van der Waals surface area contributed by atoms with E-state index in [9.17, 15) is 14.4 Å². The number of ether oxygens (including phenoxy) is 3. The van der Waals surface area contributed by atoms with Crippen LogP contribution in [0.1, 0.15) is 62.2 Å². The van der Waals surface area contributed by atoms with Crippen LogP contribution in [0, 0.1) is 5.92 Å². The number of benzene rings is 1. The molecule has 28 heavy (non-hydrogen) atoms. The van der Waals surface area contributed by atoms with Crippen LogP contribution >= 0.6 is 0 Å². The van der Waals surface area contributed by atoms with Crippen LogP contribution in [0.2, 0.25) is 0 Å². The van der Waals surface area contributed by atoms with Crippen molar-refractivity contribution in [2.45, 2.75) is 51.9 Å². The number of rotatable bonds is 9. The molecule has 0 atom stereocenters. The fraction of sp³-hybridized carbons (Fsp3) is 0.571. The molecule has 2 rings (SSSR count). The van der Waals surface area contributed by atoms with Gasteiger partial charge in [-0.1, -0.05) is 32.6 Å². The first-order valence-corrected chi connectivity index (χ1v) is 9.86. The Morgan fingerprint density at radius 1 is 1.11 bits per heavy atom. The Hall–Kier alpha value is -2.57. The average Bonchev–Trinajstić information content (AvgIpc) is 2.73. The van der Waals surface area contributed by atoms with Crippen LogP contribution in [0.15, 0.2) is 18.2 Å². The maximum atomic E-state index is 12.2. The molecular formula is C21H29NO6. The molecule has 7 heteroatoms. The summed E-state index contributed by atoms with van der Waals surface area (Å²) >= 11 is 0. The van der Waals surface area contributed by atoms with Crippen molar-refractivity contribution in [1.29, 1.82) is 0 Å². The highest BCUT2D eigenvalue weighted by Gasteiger charge is 2.23. The third-order valence-corrected chi connectivity index (χ3v) is 4.73. The fourth-order valence-corrected chi connectivity index (χ4v) is 3.10. The number of nitrogens with one attached hydrogen (secondary N) is 1. The summed E-state index contributed by atoms with van der Waals surface area (Å²) in [5.41, 5.74) is 0.242. The molecule has 1 aliphatic rings. The molecule has 1 N–H and O–H groups in total. The Balaban J connectivity index is 1.84. The molecule has 7 nitrogen and oxygen atoms in total. The van der Waals surface area contributed by atoms with E-state index in [0.29, 0.717) is 18.1 Å². The summed E-state index contributed by atoms with van der Waals surface area (Å²) in [4.78, 5) is 36.1. The Morgan fingerprint density at radius 2 is 1.86 bits per heavy atom. The number of imide groups is 1. The normalized spacial score (nSPS) is 14.2. The SMILES string of the molecule is CCCCOc1ccc(C(=O)OCC(=O)NC(=O)C2CCCCC2)cc1OC. The number of amides is 2. The quantitative estimate of drug-likeness (QED) is 0.513. The topological polar surface area (TPSA) is 90.9 Å². The van der Waals surface area contributed by atoms with E-state index in [1.165, 1.54) is 13.2 Å².